The number of carbonyl (C=O) groups is 5. The number of halogens is 9. The number of hydrogen-bond donors (Lipinski definition) is 13. The van der Waals surface area contributed by atoms with Crippen molar-refractivity contribution in [2.24, 2.45) is 11.5 Å². The fraction of sp³-hybridized carbons (Fsp3) is 0.815. The van der Waals surface area contributed by atoms with Crippen LogP contribution in [0.2, 0.25) is 0 Å². The van der Waals surface area contributed by atoms with Crippen LogP contribution < -0.4 is 38.0 Å². The normalized spacial score (nSPS) is 11.0. The minimum atomic E-state index is -4.98. The number of carbonyl (C=O) groups excluding carboxylic acids is 5. The molecule has 0 aromatic heterocycles. The predicted octanol–water partition coefficient (Wildman–Crippen LogP) is -9.00. The zero-order chi connectivity index (χ0) is 47.2. The Morgan fingerprint density at radius 1 is 0.567 bits per heavy atom. The maximum absolute atomic E-state index is 11.6. The van der Waals surface area contributed by atoms with Crippen LogP contribution in [0.3, 0.4) is 0 Å². The van der Waals surface area contributed by atoms with Gasteiger partial charge in [-0.15, -0.1) is 0 Å². The van der Waals surface area contributed by atoms with Crippen molar-refractivity contribution in [2.75, 3.05) is 59.5 Å². The summed E-state index contributed by atoms with van der Waals surface area (Å²) in [5, 5.41) is 86.5. The Labute approximate surface area is 346 Å². The molecule has 2 unspecified atom stereocenters. The van der Waals surface area contributed by atoms with Crippen molar-refractivity contribution in [2.45, 2.75) is 82.4 Å². The molecule has 0 aliphatic rings. The average Bonchev–Trinajstić information content (AvgIpc) is 3.14. The van der Waals surface area contributed by atoms with Gasteiger partial charge in [0.15, 0.2) is 0 Å². The number of nitrogens with one attached hydrogen (secondary N) is 2. The van der Waals surface area contributed by atoms with Gasteiger partial charge in [0.1, 0.15) is 6.04 Å². The Morgan fingerprint density at radius 2 is 0.867 bits per heavy atom. The molecule has 33 heteroatoms. The Morgan fingerprint density at radius 3 is 0.967 bits per heavy atom. The molecule has 0 aliphatic carbocycles. The third kappa shape index (κ3) is 63.9. The molecule has 0 aromatic carbocycles. The fourth-order valence-electron chi connectivity index (χ4n) is 1.42. The minimum Gasteiger partial charge on any atom is -0.543 e. The summed E-state index contributed by atoms with van der Waals surface area (Å²) in [7, 11) is 0. The molecule has 0 heterocycles. The summed E-state index contributed by atoms with van der Waals surface area (Å²) in [6.45, 7) is 2.37. The van der Waals surface area contributed by atoms with Gasteiger partial charge >= 0.3 is 36.3 Å². The molecule has 0 bridgehead atoms. The summed E-state index contributed by atoms with van der Waals surface area (Å²) in [6.07, 6.45) is -13.6. The fourth-order valence-corrected chi connectivity index (χ4v) is 1.42. The van der Waals surface area contributed by atoms with Crippen LogP contribution in [0.25, 0.3) is 0 Å². The standard InChI is InChI=1S/C6H10F3NO2.C5H8F3NO3.C4H5F3O2.C4H11NO.2C3H9NO2.C2H2O4.Co.2H2O/c1-2-4(3-11)10-5(12)6(7,8)9;6-5(7,8)4(12)9-3(1-10)2-11;1-2-9-3(8)4(5,6)7;1-2-4(5)3-6;2*4-3(1-5)2-6;3-1(4)2(5)6;;;/h4,11H,2-3H2,1H3,(H,10,12);3,10-11H,1-2H2,(H,9,12);2H2,1H3;4,6H,2-3,5H2,1H3;2*3,5-6H,1-2,4H2;(H,3,4)(H,5,6);;2*1H2/p-1. The number of hydrogen-bond acceptors (Lipinski definition) is 18. The molecule has 2 amide bonds. The SMILES string of the molecule is CCC(CO)NC(=O)C(F)(F)F.CCC(N)CO.CCOC(=O)C(F)(F)F.NC(CO)CO.O.O.O=C(NC(CO)CO)C(F)(F)F.O=C([O-])C(=O)[O-].[Co].[NH3+]C(CO)CO. The second-order valence-electron chi connectivity index (χ2n) is 9.79. The zero-order valence-electron chi connectivity index (χ0n) is 32.1. The van der Waals surface area contributed by atoms with Crippen LogP contribution in [0.15, 0.2) is 0 Å². The molecule has 0 saturated carbocycles. The van der Waals surface area contributed by atoms with Crippen molar-refractivity contribution in [3.05, 3.63) is 0 Å². The van der Waals surface area contributed by atoms with Gasteiger partial charge in [0, 0.05) is 22.8 Å². The van der Waals surface area contributed by atoms with Gasteiger partial charge in [0.05, 0.1) is 89.5 Å². The Kier molecular flexibility index (Phi) is 65.0. The molecule has 371 valence electrons. The number of esters is 1. The van der Waals surface area contributed by atoms with Gasteiger partial charge in [0.2, 0.25) is 0 Å². The zero-order valence-corrected chi connectivity index (χ0v) is 33.1. The maximum atomic E-state index is 11.6. The number of carboxylic acid groups (broad SMARTS) is 2. The summed E-state index contributed by atoms with van der Waals surface area (Å²) in [5.41, 5.74) is 13.6. The smallest absolute Gasteiger partial charge is 0.490 e. The molecule has 0 aliphatic heterocycles. The van der Waals surface area contributed by atoms with E-state index < -0.39 is 86.2 Å². The number of aliphatic hydroxyl groups excluding tert-OH is 8. The maximum Gasteiger partial charge on any atom is 0.490 e. The third-order valence-electron chi connectivity index (χ3n) is 4.76. The van der Waals surface area contributed by atoms with Crippen molar-refractivity contribution in [1.82, 2.24) is 10.6 Å². The molecular formula is C27H57CoF9N5O18-. The van der Waals surface area contributed by atoms with E-state index in [1.807, 2.05) is 6.92 Å². The van der Waals surface area contributed by atoms with Crippen LogP contribution in [0.4, 0.5) is 39.5 Å². The van der Waals surface area contributed by atoms with Crippen molar-refractivity contribution < 1.29 is 153 Å². The van der Waals surface area contributed by atoms with E-state index in [-0.39, 0.29) is 85.9 Å². The third-order valence-corrected chi connectivity index (χ3v) is 4.76. The van der Waals surface area contributed by atoms with Gasteiger partial charge in [-0.05, 0) is 19.8 Å². The summed E-state index contributed by atoms with van der Waals surface area (Å²) in [5.74, 6) is -10.7. The van der Waals surface area contributed by atoms with Crippen LogP contribution in [0.1, 0.15) is 33.6 Å². The summed E-state index contributed by atoms with van der Waals surface area (Å²) >= 11 is 0. The first-order valence-corrected chi connectivity index (χ1v) is 15.5. The minimum absolute atomic E-state index is 0. The van der Waals surface area contributed by atoms with E-state index in [0.29, 0.717) is 0 Å². The molecule has 60 heavy (non-hydrogen) atoms. The van der Waals surface area contributed by atoms with Crippen LogP contribution in [-0.4, -0.2) is 190 Å². The van der Waals surface area contributed by atoms with Gasteiger partial charge in [-0.2, -0.15) is 39.5 Å². The van der Waals surface area contributed by atoms with E-state index in [9.17, 15) is 53.9 Å². The van der Waals surface area contributed by atoms with Gasteiger partial charge < -0.3 is 104 Å². The molecule has 1 radical (unpaired) electrons. The van der Waals surface area contributed by atoms with Crippen molar-refractivity contribution in [3.63, 3.8) is 0 Å². The summed E-state index contributed by atoms with van der Waals surface area (Å²) in [4.78, 5) is 47.9. The molecule has 0 saturated heterocycles. The van der Waals surface area contributed by atoms with Crippen LogP contribution >= 0.6 is 0 Å². The van der Waals surface area contributed by atoms with Crippen LogP contribution in [-0.2, 0) is 45.5 Å². The number of amides is 2. The quantitative estimate of drug-likeness (QED) is 0.0463. The number of rotatable bonds is 13. The molecule has 0 spiro atoms. The van der Waals surface area contributed by atoms with Crippen molar-refractivity contribution >= 4 is 29.7 Å². The van der Waals surface area contributed by atoms with E-state index in [0.717, 1.165) is 6.42 Å². The topological polar surface area (TPSA) is 469 Å². The van der Waals surface area contributed by atoms with Crippen molar-refractivity contribution in [1.29, 1.82) is 0 Å². The van der Waals surface area contributed by atoms with E-state index in [4.69, 9.17) is 72.1 Å². The van der Waals surface area contributed by atoms with Gasteiger partial charge in [0.25, 0.3) is 0 Å². The first-order chi connectivity index (χ1) is 25.9. The van der Waals surface area contributed by atoms with E-state index in [1.54, 1.807) is 12.2 Å². The first-order valence-electron chi connectivity index (χ1n) is 15.5. The molecule has 2 atom stereocenters. The second kappa shape index (κ2) is 48.4. The van der Waals surface area contributed by atoms with Gasteiger partial charge in [-0.25, -0.2) is 4.79 Å². The molecule has 0 rings (SSSR count). The predicted molar refractivity (Wildman–Crippen MR) is 176 cm³/mol. The summed E-state index contributed by atoms with van der Waals surface area (Å²) in [6, 6.07) is -2.75. The van der Waals surface area contributed by atoms with Gasteiger partial charge in [-0.3, -0.25) is 9.59 Å². The first kappa shape index (κ1) is 80.7. The molecular weight excluding hydrogens is 912 g/mol. The molecule has 23 nitrogen and oxygen atoms in total. The van der Waals surface area contributed by atoms with Gasteiger partial charge in [-0.1, -0.05) is 13.8 Å². The van der Waals surface area contributed by atoms with Crippen molar-refractivity contribution in [3.8, 4) is 0 Å². The van der Waals surface area contributed by atoms with E-state index in [2.05, 4.69) is 10.5 Å². The number of quaternary nitrogens is 1. The van der Waals surface area contributed by atoms with Crippen LogP contribution in [0, 0.1) is 0 Å². The monoisotopic (exact) mass is 969 g/mol. The number of carboxylic acids is 2. The summed E-state index contributed by atoms with van der Waals surface area (Å²) < 4.78 is 106. The Balaban J connectivity index is -0.0000000616. The number of aliphatic carboxylic acids is 2. The number of alkyl halides is 9. The Bertz CT molecular complexity index is 936. The van der Waals surface area contributed by atoms with E-state index >= 15 is 0 Å². The number of nitrogens with two attached hydrogens (primary N) is 2. The largest absolute Gasteiger partial charge is 0.543 e. The average molecular weight is 970 g/mol. The molecule has 21 N–H and O–H groups in total. The Hall–Kier alpha value is -3.29. The van der Waals surface area contributed by atoms with Crippen LogP contribution in [0.5, 0.6) is 0 Å². The number of ether oxygens (including phenoxy) is 1. The molecule has 0 aromatic rings. The number of aliphatic hydroxyl groups is 8. The molecule has 0 fully saturated rings. The van der Waals surface area contributed by atoms with E-state index in [1.165, 1.54) is 12.2 Å². The second-order valence-corrected chi connectivity index (χ2v) is 9.79.